The number of halogens is 1. The third-order valence-electron chi connectivity index (χ3n) is 4.89. The molecule has 0 fully saturated rings. The Kier molecular flexibility index (Phi) is 3.54. The SMILES string of the molecule is O=C1c2ccccc2C2=Nc3ccccc3S[C@@H](c3cccc(F)c3)[C@H]12. The fourth-order valence-corrected chi connectivity index (χ4v) is 5.06. The van der Waals surface area contributed by atoms with E-state index in [1.54, 1.807) is 17.8 Å². The van der Waals surface area contributed by atoms with Crippen molar-refractivity contribution in [1.82, 2.24) is 0 Å². The Morgan fingerprint density at radius 3 is 2.50 bits per heavy atom. The first-order valence-corrected chi connectivity index (χ1v) is 9.34. The number of carbonyl (C=O) groups is 1. The summed E-state index contributed by atoms with van der Waals surface area (Å²) in [6.45, 7) is 0. The summed E-state index contributed by atoms with van der Waals surface area (Å²) in [4.78, 5) is 19.1. The third kappa shape index (κ3) is 2.33. The Hall–Kier alpha value is -2.72. The second kappa shape index (κ2) is 5.92. The number of nitrogens with zero attached hydrogens (tertiary/aromatic N) is 1. The van der Waals surface area contributed by atoms with E-state index in [-0.39, 0.29) is 16.9 Å². The Balaban J connectivity index is 1.76. The van der Waals surface area contributed by atoms with Crippen molar-refractivity contribution in [2.45, 2.75) is 10.1 Å². The molecule has 0 aromatic heterocycles. The minimum atomic E-state index is -0.411. The van der Waals surface area contributed by atoms with E-state index in [2.05, 4.69) is 0 Å². The van der Waals surface area contributed by atoms with Crippen LogP contribution in [0.1, 0.15) is 26.7 Å². The van der Waals surface area contributed by atoms with Gasteiger partial charge < -0.3 is 0 Å². The highest BCUT2D eigenvalue weighted by molar-refractivity contribution is 7.99. The number of Topliss-reactive ketones (excluding diaryl/α,β-unsaturated/α-hetero) is 1. The van der Waals surface area contributed by atoms with Gasteiger partial charge in [-0.2, -0.15) is 0 Å². The molecule has 0 saturated carbocycles. The van der Waals surface area contributed by atoms with Crippen molar-refractivity contribution in [1.29, 1.82) is 0 Å². The maximum atomic E-state index is 13.9. The van der Waals surface area contributed by atoms with Crippen molar-refractivity contribution in [3.63, 3.8) is 0 Å². The maximum Gasteiger partial charge on any atom is 0.174 e. The molecular formula is C22H14FNOS. The van der Waals surface area contributed by atoms with Crippen LogP contribution in [0.25, 0.3) is 0 Å². The second-order valence-electron chi connectivity index (χ2n) is 6.45. The van der Waals surface area contributed by atoms with E-state index in [0.29, 0.717) is 5.56 Å². The largest absolute Gasteiger partial charge is 0.293 e. The highest BCUT2D eigenvalue weighted by Gasteiger charge is 2.44. The van der Waals surface area contributed by atoms with E-state index in [4.69, 9.17) is 4.99 Å². The first kappa shape index (κ1) is 15.5. The van der Waals surface area contributed by atoms with Gasteiger partial charge in [-0.25, -0.2) is 4.39 Å². The molecule has 1 heterocycles. The smallest absolute Gasteiger partial charge is 0.174 e. The lowest BCUT2D eigenvalue weighted by Gasteiger charge is -2.21. The van der Waals surface area contributed by atoms with Gasteiger partial charge in [0.1, 0.15) is 5.82 Å². The number of rotatable bonds is 1. The topological polar surface area (TPSA) is 29.4 Å². The minimum Gasteiger partial charge on any atom is -0.293 e. The van der Waals surface area contributed by atoms with Crippen molar-refractivity contribution >= 4 is 28.9 Å². The molecule has 0 unspecified atom stereocenters. The molecule has 5 rings (SSSR count). The van der Waals surface area contributed by atoms with Gasteiger partial charge in [0.05, 0.1) is 22.6 Å². The molecule has 3 aromatic rings. The van der Waals surface area contributed by atoms with E-state index in [9.17, 15) is 9.18 Å². The summed E-state index contributed by atoms with van der Waals surface area (Å²) in [5, 5.41) is -0.215. The van der Waals surface area contributed by atoms with Crippen LogP contribution in [0.4, 0.5) is 10.1 Å². The number of hydrogen-bond donors (Lipinski definition) is 0. The zero-order valence-electron chi connectivity index (χ0n) is 13.7. The average molecular weight is 359 g/mol. The van der Waals surface area contributed by atoms with Crippen LogP contribution in [0.2, 0.25) is 0 Å². The summed E-state index contributed by atoms with van der Waals surface area (Å²) in [5.41, 5.74) is 4.06. The van der Waals surface area contributed by atoms with Crippen LogP contribution in [-0.2, 0) is 0 Å². The predicted octanol–water partition coefficient (Wildman–Crippen LogP) is 5.61. The van der Waals surface area contributed by atoms with Crippen LogP contribution in [0.5, 0.6) is 0 Å². The number of aliphatic imine (C=N–C) groups is 1. The standard InChI is InChI=1S/C22H14FNOS/c23-14-7-5-6-13(12-14)22-19-20(15-8-1-2-9-16(15)21(19)25)24-17-10-3-4-11-18(17)26-22/h1-12,19,22H/t19-,22-/m0/s1. The van der Waals surface area contributed by atoms with E-state index in [1.807, 2.05) is 54.6 Å². The first-order chi connectivity index (χ1) is 12.7. The normalized spacial score (nSPS) is 20.7. The molecule has 0 bridgehead atoms. The summed E-state index contributed by atoms with van der Waals surface area (Å²) in [6, 6.07) is 22.0. The molecule has 2 nitrogen and oxygen atoms in total. The number of thioether (sulfide) groups is 1. The zero-order valence-corrected chi connectivity index (χ0v) is 14.5. The van der Waals surface area contributed by atoms with E-state index in [0.717, 1.165) is 27.4 Å². The number of fused-ring (bicyclic) bond motifs is 4. The van der Waals surface area contributed by atoms with Crippen LogP contribution in [0.15, 0.2) is 82.7 Å². The molecule has 1 aliphatic carbocycles. The van der Waals surface area contributed by atoms with Crippen LogP contribution >= 0.6 is 11.8 Å². The first-order valence-electron chi connectivity index (χ1n) is 8.46. The molecule has 0 amide bonds. The molecular weight excluding hydrogens is 345 g/mol. The number of benzene rings is 3. The lowest BCUT2D eigenvalue weighted by atomic mass is 9.93. The van der Waals surface area contributed by atoms with Crippen molar-refractivity contribution in [3.8, 4) is 0 Å². The van der Waals surface area contributed by atoms with Gasteiger partial charge in [-0.3, -0.25) is 9.79 Å². The van der Waals surface area contributed by atoms with Crippen LogP contribution in [0, 0.1) is 11.7 Å². The number of ketones is 1. The quantitative estimate of drug-likeness (QED) is 0.565. The maximum absolute atomic E-state index is 13.9. The lowest BCUT2D eigenvalue weighted by Crippen LogP contribution is -2.22. The summed E-state index contributed by atoms with van der Waals surface area (Å²) in [6.07, 6.45) is 0. The highest BCUT2D eigenvalue weighted by atomic mass is 32.2. The molecule has 3 aromatic carbocycles. The van der Waals surface area contributed by atoms with Crippen LogP contribution in [0.3, 0.4) is 0 Å². The van der Waals surface area contributed by atoms with Crippen molar-refractivity contribution < 1.29 is 9.18 Å². The molecule has 0 radical (unpaired) electrons. The lowest BCUT2D eigenvalue weighted by molar-refractivity contribution is 0.0960. The van der Waals surface area contributed by atoms with Gasteiger partial charge in [0, 0.05) is 16.0 Å². The van der Waals surface area contributed by atoms with Crippen molar-refractivity contribution in [3.05, 3.63) is 95.3 Å². The number of carbonyl (C=O) groups excluding carboxylic acids is 1. The van der Waals surface area contributed by atoms with Gasteiger partial charge >= 0.3 is 0 Å². The van der Waals surface area contributed by atoms with Gasteiger partial charge in [0.15, 0.2) is 5.78 Å². The van der Waals surface area contributed by atoms with Crippen molar-refractivity contribution in [2.75, 3.05) is 0 Å². The molecule has 0 N–H and O–H groups in total. The predicted molar refractivity (Wildman–Crippen MR) is 102 cm³/mol. The average Bonchev–Trinajstić information content (AvgIpc) is 2.83. The van der Waals surface area contributed by atoms with Gasteiger partial charge in [0.2, 0.25) is 0 Å². The fraction of sp³-hybridized carbons (Fsp3) is 0.0909. The van der Waals surface area contributed by atoms with E-state index >= 15 is 0 Å². The summed E-state index contributed by atoms with van der Waals surface area (Å²) >= 11 is 1.59. The zero-order chi connectivity index (χ0) is 17.7. The Morgan fingerprint density at radius 1 is 0.885 bits per heavy atom. The summed E-state index contributed by atoms with van der Waals surface area (Å²) in [5.74, 6) is -0.636. The molecule has 26 heavy (non-hydrogen) atoms. The third-order valence-corrected chi connectivity index (χ3v) is 6.28. The van der Waals surface area contributed by atoms with E-state index in [1.165, 1.54) is 12.1 Å². The molecule has 0 saturated heterocycles. The van der Waals surface area contributed by atoms with Gasteiger partial charge in [-0.1, -0.05) is 48.5 Å². The number of para-hydroxylation sites is 1. The molecule has 2 atom stereocenters. The molecule has 2 aliphatic rings. The molecule has 1 aliphatic heterocycles. The Bertz CT molecular complexity index is 1070. The van der Waals surface area contributed by atoms with E-state index < -0.39 is 5.92 Å². The minimum absolute atomic E-state index is 0.0638. The fourth-order valence-electron chi connectivity index (χ4n) is 3.72. The van der Waals surface area contributed by atoms with Crippen LogP contribution < -0.4 is 0 Å². The number of hydrogen-bond acceptors (Lipinski definition) is 3. The van der Waals surface area contributed by atoms with Crippen molar-refractivity contribution in [2.24, 2.45) is 10.9 Å². The monoisotopic (exact) mass is 359 g/mol. The summed E-state index contributed by atoms with van der Waals surface area (Å²) in [7, 11) is 0. The van der Waals surface area contributed by atoms with Crippen LogP contribution in [-0.4, -0.2) is 11.5 Å². The molecule has 126 valence electrons. The Morgan fingerprint density at radius 2 is 1.65 bits per heavy atom. The van der Waals surface area contributed by atoms with Gasteiger partial charge in [-0.05, 0) is 29.8 Å². The summed E-state index contributed by atoms with van der Waals surface area (Å²) < 4.78 is 13.9. The van der Waals surface area contributed by atoms with Gasteiger partial charge in [0.25, 0.3) is 0 Å². The molecule has 0 spiro atoms. The second-order valence-corrected chi connectivity index (χ2v) is 7.63. The Labute approximate surface area is 154 Å². The molecule has 4 heteroatoms. The van der Waals surface area contributed by atoms with Gasteiger partial charge in [-0.15, -0.1) is 11.8 Å². The highest BCUT2D eigenvalue weighted by Crippen LogP contribution is 2.51.